The number of aliphatic carboxylic acids is 1. The molecule has 0 radical (unpaired) electrons. The number of aromatic nitrogens is 1. The first-order valence-electron chi connectivity index (χ1n) is 14.9. The van der Waals surface area contributed by atoms with Crippen LogP contribution in [0.5, 0.6) is 5.75 Å². The topological polar surface area (TPSA) is 71.8 Å². The molecule has 5 aromatic rings. The van der Waals surface area contributed by atoms with Gasteiger partial charge in [0.05, 0.1) is 18.3 Å². The number of para-hydroxylation sites is 2. The quantitative estimate of drug-likeness (QED) is 0.115. The highest BCUT2D eigenvalue weighted by molar-refractivity contribution is 6.26. The van der Waals surface area contributed by atoms with Gasteiger partial charge in [0.15, 0.2) is 0 Å². The van der Waals surface area contributed by atoms with Gasteiger partial charge < -0.3 is 19.3 Å². The van der Waals surface area contributed by atoms with Crippen molar-refractivity contribution in [1.29, 1.82) is 0 Å². The van der Waals surface area contributed by atoms with Crippen LogP contribution in [-0.4, -0.2) is 34.2 Å². The van der Waals surface area contributed by atoms with E-state index in [2.05, 4.69) is 6.58 Å². The van der Waals surface area contributed by atoms with Gasteiger partial charge in [-0.2, -0.15) is 0 Å². The fourth-order valence-electron chi connectivity index (χ4n) is 5.68. The van der Waals surface area contributed by atoms with E-state index in [0.717, 1.165) is 35.4 Å². The number of anilines is 1. The summed E-state index contributed by atoms with van der Waals surface area (Å²) in [4.78, 5) is 26.6. The van der Waals surface area contributed by atoms with E-state index in [-0.39, 0.29) is 25.0 Å². The number of hydrogen-bond donors (Lipinski definition) is 1. The molecule has 0 saturated heterocycles. The van der Waals surface area contributed by atoms with Gasteiger partial charge in [0, 0.05) is 46.8 Å². The molecule has 1 unspecified atom stereocenters. The first-order chi connectivity index (χ1) is 21.8. The normalized spacial score (nSPS) is 13.4. The lowest BCUT2D eigenvalue weighted by atomic mass is 9.97. The van der Waals surface area contributed by atoms with Gasteiger partial charge >= 0.3 is 5.97 Å². The molecular weight excluding hydrogens is 574 g/mol. The van der Waals surface area contributed by atoms with Gasteiger partial charge in [0.1, 0.15) is 17.4 Å². The second-order valence-electron chi connectivity index (χ2n) is 11.2. The minimum atomic E-state index is -0.886. The zero-order valence-corrected chi connectivity index (χ0v) is 24.5. The van der Waals surface area contributed by atoms with Crippen molar-refractivity contribution in [1.82, 2.24) is 4.57 Å². The van der Waals surface area contributed by atoms with Crippen LogP contribution in [0.3, 0.4) is 0 Å². The number of carbonyl (C=O) groups excluding carboxylic acids is 1. The molecule has 1 heterocycles. The number of carboxylic acid groups (broad SMARTS) is 1. The maximum Gasteiger partial charge on any atom is 0.303 e. The van der Waals surface area contributed by atoms with Crippen LogP contribution in [0.1, 0.15) is 48.4 Å². The number of amides is 1. The van der Waals surface area contributed by atoms with E-state index in [1.807, 2.05) is 83.6 Å². The predicted octanol–water partition coefficient (Wildman–Crippen LogP) is 8.01. The van der Waals surface area contributed by atoms with Gasteiger partial charge in [-0.25, -0.2) is 8.78 Å². The van der Waals surface area contributed by atoms with E-state index in [4.69, 9.17) is 9.84 Å². The average Bonchev–Trinajstić information content (AvgIpc) is 3.79. The molecule has 6 nitrogen and oxygen atoms in total. The summed E-state index contributed by atoms with van der Waals surface area (Å²) in [6, 6.07) is 27.4. The standard InChI is InChI=1S/C37H32F2N2O4/c1-24(37(44)41(29-15-16-29)33-10-5-6-11-34(33)45-21-7-12-35(42)43)26-13-18-32-27(22-26)19-20-40(32)36(25-8-3-2-4-9-25)30-17-14-28(38)23-31(30)39/h2-6,8-11,13-14,17-20,22-23,29,36H,1,7,12,15-16,21H2,(H,42,43). The maximum atomic E-state index is 15.1. The Labute approximate surface area is 259 Å². The average molecular weight is 607 g/mol. The van der Waals surface area contributed by atoms with Gasteiger partial charge in [0.2, 0.25) is 0 Å². The summed E-state index contributed by atoms with van der Waals surface area (Å²) in [7, 11) is 0. The Morgan fingerprint density at radius 2 is 1.71 bits per heavy atom. The molecule has 0 bridgehead atoms. The largest absolute Gasteiger partial charge is 0.491 e. The van der Waals surface area contributed by atoms with Crippen LogP contribution in [0, 0.1) is 11.6 Å². The maximum absolute atomic E-state index is 15.1. The molecule has 1 N–H and O–H groups in total. The van der Waals surface area contributed by atoms with Crippen LogP contribution in [0.25, 0.3) is 16.5 Å². The molecule has 1 saturated carbocycles. The van der Waals surface area contributed by atoms with Crippen molar-refractivity contribution in [2.45, 2.75) is 37.8 Å². The van der Waals surface area contributed by atoms with E-state index >= 15 is 4.39 Å². The molecule has 1 aromatic heterocycles. The van der Waals surface area contributed by atoms with Gasteiger partial charge in [-0.05, 0) is 66.8 Å². The summed E-state index contributed by atoms with van der Waals surface area (Å²) in [5, 5.41) is 9.79. The molecule has 1 aliphatic rings. The van der Waals surface area contributed by atoms with Crippen LogP contribution in [0.4, 0.5) is 14.5 Å². The molecule has 1 fully saturated rings. The third-order valence-corrected chi connectivity index (χ3v) is 8.03. The Morgan fingerprint density at radius 3 is 2.44 bits per heavy atom. The fourth-order valence-corrected chi connectivity index (χ4v) is 5.68. The second kappa shape index (κ2) is 12.8. The number of ether oxygens (including phenoxy) is 1. The highest BCUT2D eigenvalue weighted by Crippen LogP contribution is 2.40. The molecule has 1 aliphatic carbocycles. The predicted molar refractivity (Wildman–Crippen MR) is 170 cm³/mol. The zero-order chi connectivity index (χ0) is 31.5. The fraction of sp³-hybridized carbons (Fsp3) is 0.189. The van der Waals surface area contributed by atoms with Crippen LogP contribution in [0.15, 0.2) is 110 Å². The summed E-state index contributed by atoms with van der Waals surface area (Å²) >= 11 is 0. The van der Waals surface area contributed by atoms with Crippen molar-refractivity contribution in [3.8, 4) is 5.75 Å². The Morgan fingerprint density at radius 1 is 0.956 bits per heavy atom. The molecular formula is C37H32F2N2O4. The molecule has 0 spiro atoms. The Balaban J connectivity index is 1.30. The lowest BCUT2D eigenvalue weighted by Crippen LogP contribution is -2.34. The van der Waals surface area contributed by atoms with Crippen LogP contribution < -0.4 is 9.64 Å². The third-order valence-electron chi connectivity index (χ3n) is 8.03. The van der Waals surface area contributed by atoms with E-state index in [1.165, 1.54) is 12.1 Å². The van der Waals surface area contributed by atoms with Crippen molar-refractivity contribution in [2.24, 2.45) is 0 Å². The number of fused-ring (bicyclic) bond motifs is 1. The van der Waals surface area contributed by atoms with Crippen molar-refractivity contribution in [3.05, 3.63) is 138 Å². The van der Waals surface area contributed by atoms with Gasteiger partial charge in [0.25, 0.3) is 5.91 Å². The first-order valence-corrected chi connectivity index (χ1v) is 14.9. The Bertz CT molecular complexity index is 1880. The van der Waals surface area contributed by atoms with Crippen molar-refractivity contribution in [3.63, 3.8) is 0 Å². The molecule has 8 heteroatoms. The number of rotatable bonds is 12. The first kappa shape index (κ1) is 29.8. The summed E-state index contributed by atoms with van der Waals surface area (Å²) in [6.45, 7) is 4.40. The minimum absolute atomic E-state index is 0.000614. The molecule has 6 rings (SSSR count). The number of benzene rings is 4. The second-order valence-corrected chi connectivity index (χ2v) is 11.2. The molecule has 0 aliphatic heterocycles. The summed E-state index contributed by atoms with van der Waals surface area (Å²) in [6.07, 6.45) is 3.93. The number of halogens is 2. The lowest BCUT2D eigenvalue weighted by molar-refractivity contribution is -0.137. The molecule has 228 valence electrons. The number of hydrogen-bond acceptors (Lipinski definition) is 3. The molecule has 1 amide bonds. The summed E-state index contributed by atoms with van der Waals surface area (Å²) in [5.41, 5.74) is 3.60. The van der Waals surface area contributed by atoms with E-state index in [1.54, 1.807) is 11.0 Å². The van der Waals surface area contributed by atoms with Crippen LogP contribution in [-0.2, 0) is 9.59 Å². The van der Waals surface area contributed by atoms with Crippen LogP contribution >= 0.6 is 0 Å². The molecule has 1 atom stereocenters. The number of carbonyl (C=O) groups is 2. The van der Waals surface area contributed by atoms with Crippen molar-refractivity contribution < 1.29 is 28.2 Å². The van der Waals surface area contributed by atoms with E-state index in [0.29, 0.717) is 34.6 Å². The Kier molecular flexibility index (Phi) is 8.47. The van der Waals surface area contributed by atoms with E-state index in [9.17, 15) is 14.0 Å². The van der Waals surface area contributed by atoms with Gasteiger partial charge in [-0.1, -0.05) is 61.2 Å². The molecule has 45 heavy (non-hydrogen) atoms. The third kappa shape index (κ3) is 6.36. The number of carboxylic acids is 1. The SMILES string of the molecule is C=C(C(=O)N(c1ccccc1OCCCC(=O)O)C1CC1)c1ccc2c(ccn2C(c2ccccc2)c2ccc(F)cc2F)c1. The highest BCUT2D eigenvalue weighted by atomic mass is 19.1. The zero-order valence-electron chi connectivity index (χ0n) is 24.5. The van der Waals surface area contributed by atoms with Crippen molar-refractivity contribution in [2.75, 3.05) is 11.5 Å². The monoisotopic (exact) mass is 606 g/mol. The van der Waals surface area contributed by atoms with Crippen molar-refractivity contribution >= 4 is 34.0 Å². The lowest BCUT2D eigenvalue weighted by Gasteiger charge is -2.26. The van der Waals surface area contributed by atoms with Gasteiger partial charge in [-0.3, -0.25) is 9.59 Å². The summed E-state index contributed by atoms with van der Waals surface area (Å²) in [5.74, 6) is -1.88. The van der Waals surface area contributed by atoms with E-state index < -0.39 is 23.6 Å². The van der Waals surface area contributed by atoms with Gasteiger partial charge in [-0.15, -0.1) is 0 Å². The smallest absolute Gasteiger partial charge is 0.303 e. The minimum Gasteiger partial charge on any atom is -0.491 e. The Hall–Kier alpha value is -5.24. The molecule has 4 aromatic carbocycles. The highest BCUT2D eigenvalue weighted by Gasteiger charge is 2.36. The summed E-state index contributed by atoms with van der Waals surface area (Å²) < 4.78 is 36.8. The van der Waals surface area contributed by atoms with Crippen LogP contribution in [0.2, 0.25) is 0 Å². The number of nitrogens with zero attached hydrogens (tertiary/aromatic N) is 2.